The average molecular weight is 232 g/mol. The second-order valence-corrected chi connectivity index (χ2v) is 3.25. The lowest BCUT2D eigenvalue weighted by Gasteiger charge is -2.12. The molecule has 0 aliphatic carbocycles. The van der Waals surface area contributed by atoms with E-state index in [9.17, 15) is 18.0 Å². The Morgan fingerprint density at radius 3 is 2.71 bits per heavy atom. The van der Waals surface area contributed by atoms with Gasteiger partial charge in [0.2, 0.25) is 0 Å². The minimum Gasteiger partial charge on any atom is -0.305 e. The number of Topliss-reactive ketones (excluding diaryl/α,β-unsaturated/α-hetero) is 1. The van der Waals surface area contributed by atoms with Crippen molar-refractivity contribution in [1.29, 1.82) is 0 Å². The van der Waals surface area contributed by atoms with Crippen molar-refractivity contribution in [2.45, 2.75) is 24.9 Å². The second kappa shape index (κ2) is 4.46. The molecule has 0 bridgehead atoms. The normalized spacial score (nSPS) is 28.0. The van der Waals surface area contributed by atoms with Gasteiger partial charge in [0.1, 0.15) is 0 Å². The van der Waals surface area contributed by atoms with Gasteiger partial charge in [-0.1, -0.05) is 0 Å². The second-order valence-electron chi connectivity index (χ2n) is 2.98. The van der Waals surface area contributed by atoms with E-state index in [1.807, 2.05) is 0 Å². The summed E-state index contributed by atoms with van der Waals surface area (Å²) in [4.78, 5) is 11.0. The summed E-state index contributed by atoms with van der Waals surface area (Å²) in [6.07, 6.45) is -5.62. The van der Waals surface area contributed by atoms with Crippen LogP contribution in [0.5, 0.6) is 0 Å². The molecule has 14 heavy (non-hydrogen) atoms. The fourth-order valence-electron chi connectivity index (χ4n) is 1.32. The van der Waals surface area contributed by atoms with E-state index < -0.39 is 18.5 Å². The molecule has 2 atom stereocenters. The average Bonchev–Trinajstić information content (AvgIpc) is 2.48. The van der Waals surface area contributed by atoms with Crippen LogP contribution in [0.4, 0.5) is 13.2 Å². The van der Waals surface area contributed by atoms with Crippen molar-refractivity contribution in [1.82, 2.24) is 5.32 Å². The van der Waals surface area contributed by atoms with Crippen LogP contribution in [0.15, 0.2) is 0 Å². The van der Waals surface area contributed by atoms with Gasteiger partial charge >= 0.3 is 6.36 Å². The summed E-state index contributed by atoms with van der Waals surface area (Å²) in [6.45, 7) is 0.0206. The lowest BCUT2D eigenvalue weighted by molar-refractivity contribution is -0.340. The predicted octanol–water partition coefficient (Wildman–Crippen LogP) is 1.06. The zero-order valence-electron chi connectivity index (χ0n) is 7.10. The highest BCUT2D eigenvalue weighted by atomic mass is 35.5. The van der Waals surface area contributed by atoms with Gasteiger partial charge in [0.15, 0.2) is 5.78 Å². The van der Waals surface area contributed by atoms with Gasteiger partial charge < -0.3 is 5.32 Å². The zero-order valence-corrected chi connectivity index (χ0v) is 7.86. The highest BCUT2D eigenvalue weighted by Gasteiger charge is 2.38. The van der Waals surface area contributed by atoms with E-state index in [1.54, 1.807) is 0 Å². The maximum absolute atomic E-state index is 11.8. The molecule has 0 aromatic rings. The van der Waals surface area contributed by atoms with Gasteiger partial charge in [-0.15, -0.1) is 24.8 Å². The van der Waals surface area contributed by atoms with Gasteiger partial charge in [0.05, 0.1) is 18.0 Å². The van der Waals surface area contributed by atoms with Crippen molar-refractivity contribution >= 4 is 17.4 Å². The smallest absolute Gasteiger partial charge is 0.305 e. The lowest BCUT2D eigenvalue weighted by Crippen LogP contribution is -2.31. The molecule has 0 unspecified atom stereocenters. The molecule has 3 nitrogen and oxygen atoms in total. The molecule has 1 saturated heterocycles. The predicted molar refractivity (Wildman–Crippen MR) is 43.1 cm³/mol. The molecule has 82 valence electrons. The molecule has 0 aromatic carbocycles. The van der Waals surface area contributed by atoms with Crippen LogP contribution >= 0.6 is 11.6 Å². The monoisotopic (exact) mass is 231 g/mol. The van der Waals surface area contributed by atoms with Gasteiger partial charge in [-0.25, -0.2) is 0 Å². The molecule has 1 rings (SSSR count). The van der Waals surface area contributed by atoms with Crippen LogP contribution in [0.2, 0.25) is 0 Å². The van der Waals surface area contributed by atoms with Crippen LogP contribution in [0, 0.1) is 0 Å². The topological polar surface area (TPSA) is 38.3 Å². The summed E-state index contributed by atoms with van der Waals surface area (Å²) in [5.74, 6) is -0.504. The van der Waals surface area contributed by atoms with E-state index in [0.29, 0.717) is 0 Å². The van der Waals surface area contributed by atoms with Crippen molar-refractivity contribution in [3.8, 4) is 0 Å². The maximum atomic E-state index is 11.8. The number of carbonyl (C=O) groups excluding carboxylic acids is 1. The first-order valence-corrected chi connectivity index (χ1v) is 4.52. The Balaban J connectivity index is 2.38. The number of hydrogen-bond donors (Lipinski definition) is 1. The summed E-state index contributed by atoms with van der Waals surface area (Å²) in [6, 6.07) is -0.611. The van der Waals surface area contributed by atoms with E-state index in [4.69, 9.17) is 11.6 Å². The molecule has 1 N–H and O–H groups in total. The van der Waals surface area contributed by atoms with Gasteiger partial charge in [0, 0.05) is 6.54 Å². The third-order valence-corrected chi connectivity index (χ3v) is 2.17. The maximum Gasteiger partial charge on any atom is 0.522 e. The van der Waals surface area contributed by atoms with Crippen LogP contribution in [0.1, 0.15) is 6.42 Å². The zero-order chi connectivity index (χ0) is 10.8. The van der Waals surface area contributed by atoms with Gasteiger partial charge in [0.25, 0.3) is 0 Å². The molecule has 0 amide bonds. The molecule has 1 fully saturated rings. The van der Waals surface area contributed by atoms with Gasteiger partial charge in [-0.3, -0.25) is 9.53 Å². The number of rotatable bonds is 3. The number of nitrogens with one attached hydrogen (secondary N) is 1. The minimum absolute atomic E-state index is 0.0189. The van der Waals surface area contributed by atoms with E-state index in [1.165, 1.54) is 0 Å². The standard InChI is InChI=1S/C7H9ClF3NO2/c8-2-6(13)5-1-4(3-12-5)14-7(9,10)11/h4-5,12H,1-3H2/t4-,5+/m1/s1. The largest absolute Gasteiger partial charge is 0.522 e. The van der Waals surface area contributed by atoms with Gasteiger partial charge in [-0.05, 0) is 6.42 Å². The number of ketones is 1. The van der Waals surface area contributed by atoms with E-state index in [2.05, 4.69) is 10.1 Å². The van der Waals surface area contributed by atoms with Crippen molar-refractivity contribution in [3.05, 3.63) is 0 Å². The Hall–Kier alpha value is -0.330. The van der Waals surface area contributed by atoms with Crippen LogP contribution in [-0.4, -0.2) is 36.7 Å². The molecular weight excluding hydrogens is 223 g/mol. The number of halogens is 4. The third-order valence-electron chi connectivity index (χ3n) is 1.91. The van der Waals surface area contributed by atoms with Gasteiger partial charge in [-0.2, -0.15) is 0 Å². The first-order chi connectivity index (χ1) is 6.42. The Morgan fingerprint density at radius 2 is 2.21 bits per heavy atom. The lowest BCUT2D eigenvalue weighted by atomic mass is 10.1. The first kappa shape index (κ1) is 11.7. The highest BCUT2D eigenvalue weighted by Crippen LogP contribution is 2.23. The van der Waals surface area contributed by atoms with E-state index in [0.717, 1.165) is 0 Å². The van der Waals surface area contributed by atoms with Crippen LogP contribution in [-0.2, 0) is 9.53 Å². The van der Waals surface area contributed by atoms with Crippen molar-refractivity contribution in [2.75, 3.05) is 12.4 Å². The molecule has 0 spiro atoms. The number of ether oxygens (including phenoxy) is 1. The molecule has 0 radical (unpaired) electrons. The number of hydrogen-bond acceptors (Lipinski definition) is 3. The first-order valence-electron chi connectivity index (χ1n) is 3.99. The Morgan fingerprint density at radius 1 is 1.57 bits per heavy atom. The minimum atomic E-state index is -4.65. The van der Waals surface area contributed by atoms with Crippen LogP contribution < -0.4 is 5.32 Å². The molecule has 0 aromatic heterocycles. The molecule has 7 heteroatoms. The molecule has 1 heterocycles. The van der Waals surface area contributed by atoms with E-state index >= 15 is 0 Å². The van der Waals surface area contributed by atoms with Crippen molar-refractivity contribution < 1.29 is 22.7 Å². The number of carbonyl (C=O) groups is 1. The summed E-state index contributed by atoms with van der Waals surface area (Å²) in [5.41, 5.74) is 0. The SMILES string of the molecule is O=C(CCl)[C@@H]1C[C@@H](OC(F)(F)F)CN1. The summed E-state index contributed by atoms with van der Waals surface area (Å²) >= 11 is 5.26. The summed E-state index contributed by atoms with van der Waals surface area (Å²) in [7, 11) is 0. The fourth-order valence-corrected chi connectivity index (χ4v) is 1.51. The van der Waals surface area contributed by atoms with E-state index in [-0.39, 0.29) is 24.6 Å². The van der Waals surface area contributed by atoms with Crippen molar-refractivity contribution in [2.24, 2.45) is 0 Å². The van der Waals surface area contributed by atoms with Crippen molar-refractivity contribution in [3.63, 3.8) is 0 Å². The third kappa shape index (κ3) is 3.43. The summed E-state index contributed by atoms with van der Waals surface area (Å²) in [5, 5.41) is 2.62. The Bertz CT molecular complexity index is 221. The Labute approximate surface area is 83.5 Å². The number of alkyl halides is 4. The quantitative estimate of drug-likeness (QED) is 0.739. The Kier molecular flexibility index (Phi) is 3.74. The fraction of sp³-hybridized carbons (Fsp3) is 0.857. The van der Waals surface area contributed by atoms with Crippen LogP contribution in [0.25, 0.3) is 0 Å². The van der Waals surface area contributed by atoms with Crippen LogP contribution in [0.3, 0.4) is 0 Å². The highest BCUT2D eigenvalue weighted by molar-refractivity contribution is 6.28. The summed E-state index contributed by atoms with van der Waals surface area (Å²) < 4.78 is 39.0. The molecule has 1 aliphatic heterocycles. The molecule has 1 aliphatic rings. The molecule has 0 saturated carbocycles. The molecular formula is C7H9ClF3NO2.